The van der Waals surface area contributed by atoms with Crippen molar-refractivity contribution >= 4 is 0 Å². The summed E-state index contributed by atoms with van der Waals surface area (Å²) in [7, 11) is 0. The highest BCUT2D eigenvalue weighted by molar-refractivity contribution is 5.42. The standard InChI is InChI=1S/C17H26N2O2/c1-13(2)8-9-14(3)19-11-16(20)12-21-17-7-5-4-6-15(17)10-18/h4-7,13-14,16,19-20H,8-9,11-12H2,1-3H3. The number of aliphatic hydroxyl groups excluding tert-OH is 1. The Morgan fingerprint density at radius 3 is 2.62 bits per heavy atom. The minimum Gasteiger partial charge on any atom is -0.489 e. The Kier molecular flexibility index (Phi) is 7.81. The van der Waals surface area contributed by atoms with Crippen LogP contribution in [-0.2, 0) is 0 Å². The van der Waals surface area contributed by atoms with Crippen molar-refractivity contribution in [1.82, 2.24) is 5.32 Å². The Labute approximate surface area is 127 Å². The van der Waals surface area contributed by atoms with Gasteiger partial charge in [0.2, 0.25) is 0 Å². The lowest BCUT2D eigenvalue weighted by atomic mass is 10.0. The third-order valence-electron chi connectivity index (χ3n) is 3.32. The highest BCUT2D eigenvalue weighted by Gasteiger charge is 2.10. The predicted molar refractivity (Wildman–Crippen MR) is 84.2 cm³/mol. The Balaban J connectivity index is 2.28. The van der Waals surface area contributed by atoms with Crippen molar-refractivity contribution < 1.29 is 9.84 Å². The van der Waals surface area contributed by atoms with Crippen LogP contribution in [0, 0.1) is 17.2 Å². The highest BCUT2D eigenvalue weighted by Crippen LogP contribution is 2.16. The molecule has 0 saturated heterocycles. The SMILES string of the molecule is CC(C)CCC(C)NCC(O)COc1ccccc1C#N. The number of para-hydroxylation sites is 1. The van der Waals surface area contributed by atoms with Crippen molar-refractivity contribution in [3.8, 4) is 11.8 Å². The van der Waals surface area contributed by atoms with Gasteiger partial charge in [0.15, 0.2) is 0 Å². The molecule has 21 heavy (non-hydrogen) atoms. The van der Waals surface area contributed by atoms with Crippen LogP contribution in [0.5, 0.6) is 5.75 Å². The summed E-state index contributed by atoms with van der Waals surface area (Å²) >= 11 is 0. The summed E-state index contributed by atoms with van der Waals surface area (Å²) in [6.07, 6.45) is 1.69. The second-order valence-electron chi connectivity index (χ2n) is 5.85. The minimum atomic E-state index is -0.585. The first-order chi connectivity index (χ1) is 10.0. The molecule has 0 spiro atoms. The number of hydrogen-bond donors (Lipinski definition) is 2. The molecule has 0 aromatic heterocycles. The average Bonchev–Trinajstić information content (AvgIpc) is 2.49. The zero-order valence-corrected chi connectivity index (χ0v) is 13.2. The van der Waals surface area contributed by atoms with Crippen LogP contribution < -0.4 is 10.1 Å². The smallest absolute Gasteiger partial charge is 0.137 e. The van der Waals surface area contributed by atoms with Crippen molar-refractivity contribution in [1.29, 1.82) is 5.26 Å². The average molecular weight is 290 g/mol. The summed E-state index contributed by atoms with van der Waals surface area (Å²) in [6, 6.07) is 9.51. The third-order valence-corrected chi connectivity index (χ3v) is 3.32. The summed E-state index contributed by atoms with van der Waals surface area (Å²) in [5, 5.41) is 22.2. The molecule has 2 N–H and O–H groups in total. The van der Waals surface area contributed by atoms with Crippen LogP contribution >= 0.6 is 0 Å². The molecule has 1 aromatic rings. The second-order valence-corrected chi connectivity index (χ2v) is 5.85. The zero-order chi connectivity index (χ0) is 15.7. The second kappa shape index (κ2) is 9.38. The van der Waals surface area contributed by atoms with E-state index in [2.05, 4.69) is 32.2 Å². The maximum atomic E-state index is 9.93. The molecule has 4 nitrogen and oxygen atoms in total. The number of aliphatic hydroxyl groups is 1. The molecule has 0 radical (unpaired) electrons. The van der Waals surface area contributed by atoms with E-state index in [-0.39, 0.29) is 6.61 Å². The van der Waals surface area contributed by atoms with Crippen molar-refractivity contribution in [3.05, 3.63) is 29.8 Å². The number of hydrogen-bond acceptors (Lipinski definition) is 4. The van der Waals surface area contributed by atoms with Gasteiger partial charge >= 0.3 is 0 Å². The van der Waals surface area contributed by atoms with Gasteiger partial charge in [-0.1, -0.05) is 26.0 Å². The molecule has 0 fully saturated rings. The van der Waals surface area contributed by atoms with E-state index < -0.39 is 6.10 Å². The Morgan fingerprint density at radius 2 is 1.95 bits per heavy atom. The van der Waals surface area contributed by atoms with Crippen LogP contribution in [0.2, 0.25) is 0 Å². The molecule has 1 aromatic carbocycles. The fourth-order valence-electron chi connectivity index (χ4n) is 1.95. The maximum absolute atomic E-state index is 9.93. The van der Waals surface area contributed by atoms with E-state index in [0.717, 1.165) is 6.42 Å². The van der Waals surface area contributed by atoms with Crippen molar-refractivity contribution in [2.45, 2.75) is 45.8 Å². The van der Waals surface area contributed by atoms with Gasteiger partial charge in [-0.05, 0) is 37.8 Å². The predicted octanol–water partition coefficient (Wildman–Crippen LogP) is 2.71. The first-order valence-electron chi connectivity index (χ1n) is 7.56. The van der Waals surface area contributed by atoms with E-state index in [4.69, 9.17) is 10.00 Å². The number of ether oxygens (including phenoxy) is 1. The van der Waals surface area contributed by atoms with E-state index in [9.17, 15) is 5.11 Å². The van der Waals surface area contributed by atoms with Crippen LogP contribution in [0.1, 0.15) is 39.2 Å². The van der Waals surface area contributed by atoms with Crippen LogP contribution in [0.3, 0.4) is 0 Å². The summed E-state index contributed by atoms with van der Waals surface area (Å²) in [6.45, 7) is 7.22. The first-order valence-corrected chi connectivity index (χ1v) is 7.56. The van der Waals surface area contributed by atoms with Gasteiger partial charge in [-0.2, -0.15) is 5.26 Å². The number of benzene rings is 1. The van der Waals surface area contributed by atoms with E-state index in [0.29, 0.717) is 29.8 Å². The molecule has 4 heteroatoms. The topological polar surface area (TPSA) is 65.3 Å². The lowest BCUT2D eigenvalue weighted by molar-refractivity contribution is 0.103. The van der Waals surface area contributed by atoms with Gasteiger partial charge in [-0.3, -0.25) is 0 Å². The summed E-state index contributed by atoms with van der Waals surface area (Å²) < 4.78 is 5.51. The van der Waals surface area contributed by atoms with Crippen LogP contribution in [0.15, 0.2) is 24.3 Å². The Morgan fingerprint density at radius 1 is 1.24 bits per heavy atom. The molecule has 2 atom stereocenters. The van der Waals surface area contributed by atoms with Crippen LogP contribution in [0.4, 0.5) is 0 Å². The van der Waals surface area contributed by atoms with E-state index in [1.54, 1.807) is 18.2 Å². The molecular weight excluding hydrogens is 264 g/mol. The molecule has 0 saturated carbocycles. The molecule has 0 amide bonds. The number of rotatable bonds is 9. The van der Waals surface area contributed by atoms with Gasteiger partial charge in [0.1, 0.15) is 24.5 Å². The van der Waals surface area contributed by atoms with Crippen molar-refractivity contribution in [2.24, 2.45) is 5.92 Å². The van der Waals surface area contributed by atoms with E-state index >= 15 is 0 Å². The van der Waals surface area contributed by atoms with Crippen molar-refractivity contribution in [2.75, 3.05) is 13.2 Å². The molecule has 0 heterocycles. The highest BCUT2D eigenvalue weighted by atomic mass is 16.5. The van der Waals surface area contributed by atoms with E-state index in [1.165, 1.54) is 6.42 Å². The van der Waals surface area contributed by atoms with Gasteiger partial charge in [0, 0.05) is 12.6 Å². The third kappa shape index (κ3) is 7.12. The molecule has 0 aliphatic carbocycles. The summed E-state index contributed by atoms with van der Waals surface area (Å²) in [5.41, 5.74) is 0.489. The Hall–Kier alpha value is -1.57. The fraction of sp³-hybridized carbons (Fsp3) is 0.588. The molecule has 0 aliphatic rings. The zero-order valence-electron chi connectivity index (χ0n) is 13.2. The van der Waals surface area contributed by atoms with Crippen molar-refractivity contribution in [3.63, 3.8) is 0 Å². The van der Waals surface area contributed by atoms with Gasteiger partial charge in [-0.15, -0.1) is 0 Å². The quantitative estimate of drug-likeness (QED) is 0.734. The molecular formula is C17H26N2O2. The Bertz CT molecular complexity index is 454. The lowest BCUT2D eigenvalue weighted by Crippen LogP contribution is -2.36. The molecule has 1 rings (SSSR count). The normalized spacial score (nSPS) is 13.7. The van der Waals surface area contributed by atoms with Gasteiger partial charge in [-0.25, -0.2) is 0 Å². The van der Waals surface area contributed by atoms with Gasteiger partial charge in [0.25, 0.3) is 0 Å². The van der Waals surface area contributed by atoms with Gasteiger partial charge in [0.05, 0.1) is 5.56 Å². The first kappa shape index (κ1) is 17.5. The maximum Gasteiger partial charge on any atom is 0.137 e. The van der Waals surface area contributed by atoms with Crippen LogP contribution in [0.25, 0.3) is 0 Å². The lowest BCUT2D eigenvalue weighted by Gasteiger charge is -2.18. The fourth-order valence-corrected chi connectivity index (χ4v) is 1.95. The number of nitrogens with one attached hydrogen (secondary N) is 1. The number of nitriles is 1. The number of nitrogens with zero attached hydrogens (tertiary/aromatic N) is 1. The molecule has 116 valence electrons. The largest absolute Gasteiger partial charge is 0.489 e. The molecule has 0 bridgehead atoms. The summed E-state index contributed by atoms with van der Waals surface area (Å²) in [5.74, 6) is 1.22. The summed E-state index contributed by atoms with van der Waals surface area (Å²) in [4.78, 5) is 0. The van der Waals surface area contributed by atoms with Gasteiger partial charge < -0.3 is 15.2 Å². The monoisotopic (exact) mass is 290 g/mol. The van der Waals surface area contributed by atoms with Crippen LogP contribution in [-0.4, -0.2) is 30.4 Å². The minimum absolute atomic E-state index is 0.183. The molecule has 0 aliphatic heterocycles. The van der Waals surface area contributed by atoms with E-state index in [1.807, 2.05) is 6.07 Å². The molecule has 2 unspecified atom stereocenters.